The van der Waals surface area contributed by atoms with Gasteiger partial charge in [0.25, 0.3) is 5.91 Å². The quantitative estimate of drug-likeness (QED) is 0.729. The maximum absolute atomic E-state index is 12.1. The van der Waals surface area contributed by atoms with Crippen molar-refractivity contribution in [3.05, 3.63) is 52.4 Å². The fourth-order valence-electron chi connectivity index (χ4n) is 1.61. The summed E-state index contributed by atoms with van der Waals surface area (Å²) >= 11 is 12.8. The standard InChI is InChI=1S/C13H7Cl2N5OS/c14-7-5-9(17-10(15)6-7)11(21)18-13-20-19-12(22-13)8-3-1-2-4-16-8/h1-6H,(H,18,20,21). The molecule has 0 aromatic carbocycles. The number of nitrogens with zero attached hydrogens (tertiary/aromatic N) is 4. The lowest BCUT2D eigenvalue weighted by atomic mass is 10.3. The third-order valence-corrected chi connectivity index (χ3v) is 3.79. The average molecular weight is 352 g/mol. The molecule has 0 unspecified atom stereocenters. The van der Waals surface area contributed by atoms with Crippen molar-refractivity contribution in [2.45, 2.75) is 0 Å². The van der Waals surface area contributed by atoms with Gasteiger partial charge in [0, 0.05) is 11.2 Å². The molecule has 0 spiro atoms. The number of hydrogen-bond acceptors (Lipinski definition) is 6. The minimum absolute atomic E-state index is 0.104. The van der Waals surface area contributed by atoms with Gasteiger partial charge in [-0.3, -0.25) is 15.1 Å². The van der Waals surface area contributed by atoms with Crippen LogP contribution in [0, 0.1) is 0 Å². The van der Waals surface area contributed by atoms with Gasteiger partial charge in [-0.2, -0.15) is 0 Å². The Morgan fingerprint density at radius 1 is 1.18 bits per heavy atom. The van der Waals surface area contributed by atoms with Crippen molar-refractivity contribution in [3.63, 3.8) is 0 Å². The van der Waals surface area contributed by atoms with Crippen LogP contribution in [0.2, 0.25) is 10.2 Å². The van der Waals surface area contributed by atoms with Crippen LogP contribution in [-0.2, 0) is 0 Å². The van der Waals surface area contributed by atoms with E-state index < -0.39 is 5.91 Å². The molecular formula is C13H7Cl2N5OS. The van der Waals surface area contributed by atoms with E-state index in [9.17, 15) is 4.79 Å². The predicted molar refractivity (Wildman–Crippen MR) is 85.4 cm³/mol. The third-order valence-electron chi connectivity index (χ3n) is 2.52. The average Bonchev–Trinajstić information content (AvgIpc) is 2.95. The minimum Gasteiger partial charge on any atom is -0.295 e. The zero-order valence-corrected chi connectivity index (χ0v) is 13.2. The lowest BCUT2D eigenvalue weighted by Gasteiger charge is -2.01. The van der Waals surface area contributed by atoms with E-state index in [1.54, 1.807) is 6.20 Å². The second kappa shape index (κ2) is 6.35. The van der Waals surface area contributed by atoms with E-state index in [-0.39, 0.29) is 10.8 Å². The van der Waals surface area contributed by atoms with Crippen molar-refractivity contribution in [1.82, 2.24) is 20.2 Å². The first kappa shape index (κ1) is 14.8. The summed E-state index contributed by atoms with van der Waals surface area (Å²) in [4.78, 5) is 20.2. The summed E-state index contributed by atoms with van der Waals surface area (Å²) in [6.45, 7) is 0. The van der Waals surface area contributed by atoms with Crippen LogP contribution in [0.3, 0.4) is 0 Å². The number of pyridine rings is 2. The predicted octanol–water partition coefficient (Wildman–Crippen LogP) is 3.55. The van der Waals surface area contributed by atoms with Crippen molar-refractivity contribution in [3.8, 4) is 10.7 Å². The van der Waals surface area contributed by atoms with Gasteiger partial charge in [0.2, 0.25) is 5.13 Å². The van der Waals surface area contributed by atoms with Gasteiger partial charge in [-0.05, 0) is 24.3 Å². The second-order valence-electron chi connectivity index (χ2n) is 4.07. The third kappa shape index (κ3) is 3.38. The van der Waals surface area contributed by atoms with E-state index in [1.807, 2.05) is 18.2 Å². The highest BCUT2D eigenvalue weighted by Gasteiger charge is 2.14. The molecule has 0 aliphatic heterocycles. The van der Waals surface area contributed by atoms with E-state index in [0.29, 0.717) is 20.9 Å². The van der Waals surface area contributed by atoms with Gasteiger partial charge in [0.05, 0.1) is 0 Å². The van der Waals surface area contributed by atoms with Crippen molar-refractivity contribution in [2.24, 2.45) is 0 Å². The molecule has 1 N–H and O–H groups in total. The Hall–Kier alpha value is -2.09. The molecule has 3 aromatic rings. The molecule has 110 valence electrons. The first-order valence-corrected chi connectivity index (χ1v) is 7.58. The Bertz CT molecular complexity index is 804. The van der Waals surface area contributed by atoms with Crippen molar-refractivity contribution in [1.29, 1.82) is 0 Å². The fraction of sp³-hybridized carbons (Fsp3) is 0. The van der Waals surface area contributed by atoms with Gasteiger partial charge < -0.3 is 0 Å². The summed E-state index contributed by atoms with van der Waals surface area (Å²) in [7, 11) is 0. The van der Waals surface area contributed by atoms with Crippen LogP contribution in [0.4, 0.5) is 5.13 Å². The normalized spacial score (nSPS) is 10.5. The Kier molecular flexibility index (Phi) is 4.28. The molecule has 1 amide bonds. The molecule has 22 heavy (non-hydrogen) atoms. The SMILES string of the molecule is O=C(Nc1nnc(-c2ccccn2)s1)c1cc(Cl)cc(Cl)n1. The highest BCUT2D eigenvalue weighted by molar-refractivity contribution is 7.18. The number of halogens is 2. The molecule has 3 heterocycles. The minimum atomic E-state index is -0.465. The number of hydrogen-bond donors (Lipinski definition) is 1. The van der Waals surface area contributed by atoms with E-state index in [1.165, 1.54) is 23.5 Å². The smallest absolute Gasteiger partial charge is 0.276 e. The van der Waals surface area contributed by atoms with Crippen molar-refractivity contribution >= 4 is 45.6 Å². The highest BCUT2D eigenvalue weighted by Crippen LogP contribution is 2.25. The molecule has 3 rings (SSSR count). The molecule has 0 fully saturated rings. The van der Waals surface area contributed by atoms with Crippen LogP contribution < -0.4 is 5.32 Å². The first-order valence-electron chi connectivity index (χ1n) is 6.01. The molecule has 0 aliphatic carbocycles. The second-order valence-corrected chi connectivity index (χ2v) is 5.88. The van der Waals surface area contributed by atoms with Crippen LogP contribution in [0.5, 0.6) is 0 Å². The molecule has 6 nitrogen and oxygen atoms in total. The summed E-state index contributed by atoms with van der Waals surface area (Å²) in [6, 6.07) is 8.33. The van der Waals surface area contributed by atoms with Crippen LogP contribution >= 0.6 is 34.5 Å². The Balaban J connectivity index is 1.79. The summed E-state index contributed by atoms with van der Waals surface area (Å²) in [5.41, 5.74) is 0.788. The molecule has 0 aliphatic rings. The topological polar surface area (TPSA) is 80.7 Å². The number of nitrogens with one attached hydrogen (secondary N) is 1. The molecule has 0 atom stereocenters. The van der Waals surface area contributed by atoms with E-state index in [0.717, 1.165) is 0 Å². The lowest BCUT2D eigenvalue weighted by Crippen LogP contribution is -2.13. The van der Waals surface area contributed by atoms with Crippen molar-refractivity contribution in [2.75, 3.05) is 5.32 Å². The molecular weight excluding hydrogens is 345 g/mol. The van der Waals surface area contributed by atoms with E-state index in [2.05, 4.69) is 25.5 Å². The van der Waals surface area contributed by atoms with Gasteiger partial charge in [-0.1, -0.05) is 40.6 Å². The zero-order valence-electron chi connectivity index (χ0n) is 10.8. The van der Waals surface area contributed by atoms with Gasteiger partial charge in [0.1, 0.15) is 16.5 Å². The molecule has 0 saturated carbocycles. The number of carbonyl (C=O) groups is 1. The first-order chi connectivity index (χ1) is 10.6. The largest absolute Gasteiger partial charge is 0.295 e. The van der Waals surface area contributed by atoms with Crippen molar-refractivity contribution < 1.29 is 4.79 Å². The number of aromatic nitrogens is 4. The van der Waals surface area contributed by atoms with Crippen LogP contribution in [0.1, 0.15) is 10.5 Å². The van der Waals surface area contributed by atoms with Gasteiger partial charge >= 0.3 is 0 Å². The maximum Gasteiger partial charge on any atom is 0.276 e. The van der Waals surface area contributed by atoms with Gasteiger partial charge in [-0.25, -0.2) is 4.98 Å². The Morgan fingerprint density at radius 3 is 2.77 bits per heavy atom. The molecule has 0 saturated heterocycles. The van der Waals surface area contributed by atoms with E-state index in [4.69, 9.17) is 23.2 Å². The number of amides is 1. The summed E-state index contributed by atoms with van der Waals surface area (Å²) in [6.07, 6.45) is 1.66. The lowest BCUT2D eigenvalue weighted by molar-refractivity contribution is 0.102. The highest BCUT2D eigenvalue weighted by atomic mass is 35.5. The summed E-state index contributed by atoms with van der Waals surface area (Å²) in [5, 5.41) is 11.9. The van der Waals surface area contributed by atoms with Crippen LogP contribution in [0.25, 0.3) is 10.7 Å². The Morgan fingerprint density at radius 2 is 2.05 bits per heavy atom. The number of carbonyl (C=O) groups excluding carboxylic acids is 1. The molecule has 0 bridgehead atoms. The van der Waals surface area contributed by atoms with E-state index >= 15 is 0 Å². The summed E-state index contributed by atoms with van der Waals surface area (Å²) in [5.74, 6) is -0.465. The molecule has 3 aromatic heterocycles. The maximum atomic E-state index is 12.1. The van der Waals surface area contributed by atoms with Crippen LogP contribution in [-0.4, -0.2) is 26.1 Å². The fourth-order valence-corrected chi connectivity index (χ4v) is 2.80. The summed E-state index contributed by atoms with van der Waals surface area (Å²) < 4.78 is 0. The number of rotatable bonds is 3. The number of anilines is 1. The monoisotopic (exact) mass is 351 g/mol. The molecule has 0 radical (unpaired) electrons. The van der Waals surface area contributed by atoms with Gasteiger partial charge in [0.15, 0.2) is 5.01 Å². The zero-order chi connectivity index (χ0) is 15.5. The Labute approximate surface area is 139 Å². The van der Waals surface area contributed by atoms with Crippen LogP contribution in [0.15, 0.2) is 36.5 Å². The van der Waals surface area contributed by atoms with Gasteiger partial charge in [-0.15, -0.1) is 10.2 Å². The molecule has 9 heteroatoms.